The van der Waals surface area contributed by atoms with Crippen molar-refractivity contribution in [1.29, 1.82) is 0 Å². The van der Waals surface area contributed by atoms with Gasteiger partial charge in [-0.2, -0.15) is 0 Å². The number of methoxy groups -OCH3 is 2. The second-order valence-corrected chi connectivity index (χ2v) is 9.65. The van der Waals surface area contributed by atoms with Crippen LogP contribution in [0, 0.1) is 6.92 Å². The number of thiophene rings is 1. The Balaban J connectivity index is 1.50. The van der Waals surface area contributed by atoms with E-state index in [0.717, 1.165) is 22.5 Å². The molecule has 1 amide bonds. The van der Waals surface area contributed by atoms with Crippen molar-refractivity contribution >= 4 is 40.0 Å². The number of ether oxygens (including phenoxy) is 2. The molecule has 0 aliphatic carbocycles. The third-order valence-corrected chi connectivity index (χ3v) is 7.34. The third kappa shape index (κ3) is 5.44. The summed E-state index contributed by atoms with van der Waals surface area (Å²) in [7, 11) is 2.92. The van der Waals surface area contributed by atoms with Crippen molar-refractivity contribution in [2.24, 2.45) is 0 Å². The zero-order chi connectivity index (χ0) is 25.7. The summed E-state index contributed by atoms with van der Waals surface area (Å²) >= 11 is 2.58. The van der Waals surface area contributed by atoms with Crippen LogP contribution in [0.5, 0.6) is 5.75 Å². The number of benzene rings is 2. The molecule has 0 aliphatic heterocycles. The number of esters is 1. The van der Waals surface area contributed by atoms with Crippen molar-refractivity contribution in [2.45, 2.75) is 25.5 Å². The number of carbonyl (C=O) groups is 2. The highest BCUT2D eigenvalue weighted by Gasteiger charge is 2.23. The topological polar surface area (TPSA) is 95.3 Å². The van der Waals surface area contributed by atoms with Crippen LogP contribution in [0.3, 0.4) is 0 Å². The molecule has 10 heteroatoms. The lowest BCUT2D eigenvalue weighted by Gasteiger charge is -2.09. The number of aryl methyl sites for hydroxylation is 1. The van der Waals surface area contributed by atoms with Crippen molar-refractivity contribution in [3.8, 4) is 28.3 Å². The van der Waals surface area contributed by atoms with Crippen molar-refractivity contribution < 1.29 is 19.1 Å². The lowest BCUT2D eigenvalue weighted by molar-refractivity contribution is -0.113. The quantitative estimate of drug-likeness (QED) is 0.228. The lowest BCUT2D eigenvalue weighted by atomic mass is 10.0. The fourth-order valence-corrected chi connectivity index (χ4v) is 5.48. The van der Waals surface area contributed by atoms with Gasteiger partial charge < -0.3 is 19.4 Å². The highest BCUT2D eigenvalue weighted by Crippen LogP contribution is 2.37. The molecule has 0 unspecified atom stereocenters. The normalized spacial score (nSPS) is 10.8. The van der Waals surface area contributed by atoms with Crippen LogP contribution in [0.15, 0.2) is 59.1 Å². The van der Waals surface area contributed by atoms with Gasteiger partial charge in [-0.25, -0.2) is 4.79 Å². The van der Waals surface area contributed by atoms with Gasteiger partial charge in [0.25, 0.3) is 0 Å². The number of anilines is 1. The summed E-state index contributed by atoms with van der Waals surface area (Å²) in [4.78, 5) is 25.4. The van der Waals surface area contributed by atoms with Gasteiger partial charge in [0.1, 0.15) is 16.3 Å². The Morgan fingerprint density at radius 2 is 1.86 bits per heavy atom. The zero-order valence-corrected chi connectivity index (χ0v) is 22.0. The van der Waals surface area contributed by atoms with E-state index < -0.39 is 5.97 Å². The monoisotopic (exact) mass is 522 g/mol. The number of rotatable bonds is 9. The van der Waals surface area contributed by atoms with Gasteiger partial charge in [-0.05, 0) is 37.6 Å². The smallest absolute Gasteiger partial charge is 0.341 e. The molecule has 0 saturated carbocycles. The van der Waals surface area contributed by atoms with Gasteiger partial charge in [-0.3, -0.25) is 4.79 Å². The van der Waals surface area contributed by atoms with E-state index in [9.17, 15) is 9.59 Å². The van der Waals surface area contributed by atoms with Crippen LogP contribution in [0.1, 0.15) is 22.8 Å². The van der Waals surface area contributed by atoms with E-state index in [2.05, 4.69) is 21.6 Å². The Hall–Kier alpha value is -3.63. The summed E-state index contributed by atoms with van der Waals surface area (Å²) in [6.45, 7) is 4.72. The molecule has 0 atom stereocenters. The molecule has 2 aromatic heterocycles. The van der Waals surface area contributed by atoms with Gasteiger partial charge in [0.15, 0.2) is 11.0 Å². The van der Waals surface area contributed by atoms with Gasteiger partial charge in [0, 0.05) is 23.1 Å². The number of thioether (sulfide) groups is 1. The van der Waals surface area contributed by atoms with Crippen molar-refractivity contribution in [3.05, 3.63) is 65.0 Å². The first kappa shape index (κ1) is 25.5. The number of hydrogen-bond donors (Lipinski definition) is 1. The van der Waals surface area contributed by atoms with E-state index in [-0.39, 0.29) is 11.7 Å². The summed E-state index contributed by atoms with van der Waals surface area (Å²) in [5.74, 6) is 0.821. The summed E-state index contributed by atoms with van der Waals surface area (Å²) in [5.41, 5.74) is 3.95. The maximum atomic E-state index is 12.8. The van der Waals surface area contributed by atoms with Crippen LogP contribution >= 0.6 is 23.1 Å². The Bertz CT molecular complexity index is 1380. The first-order valence-electron chi connectivity index (χ1n) is 11.2. The summed E-state index contributed by atoms with van der Waals surface area (Å²) in [5, 5.41) is 14.4. The van der Waals surface area contributed by atoms with Crippen LogP contribution in [-0.4, -0.2) is 46.6 Å². The summed E-state index contributed by atoms with van der Waals surface area (Å²) in [6, 6.07) is 15.4. The van der Waals surface area contributed by atoms with E-state index in [1.165, 1.54) is 30.2 Å². The van der Waals surface area contributed by atoms with Gasteiger partial charge in [-0.15, -0.1) is 21.5 Å². The fraction of sp³-hybridized carbons (Fsp3) is 0.231. The van der Waals surface area contributed by atoms with Crippen LogP contribution in [-0.2, 0) is 16.1 Å². The number of carbonyl (C=O) groups excluding carboxylic acids is 2. The number of nitrogens with one attached hydrogen (secondary N) is 1. The minimum absolute atomic E-state index is 0.113. The molecule has 2 heterocycles. The Morgan fingerprint density at radius 1 is 1.08 bits per heavy atom. The molecule has 2 aromatic carbocycles. The minimum Gasteiger partial charge on any atom is -0.497 e. The van der Waals surface area contributed by atoms with Crippen molar-refractivity contribution in [3.63, 3.8) is 0 Å². The zero-order valence-electron chi connectivity index (χ0n) is 20.4. The number of amides is 1. The molecule has 4 rings (SSSR count). The molecule has 0 spiro atoms. The number of hydrogen-bond acceptors (Lipinski definition) is 8. The van der Waals surface area contributed by atoms with Crippen LogP contribution in [0.25, 0.3) is 22.5 Å². The van der Waals surface area contributed by atoms with E-state index >= 15 is 0 Å². The van der Waals surface area contributed by atoms with E-state index in [4.69, 9.17) is 9.47 Å². The Kier molecular flexibility index (Phi) is 8.07. The molecule has 0 bridgehead atoms. The Morgan fingerprint density at radius 3 is 2.53 bits per heavy atom. The predicted molar refractivity (Wildman–Crippen MR) is 143 cm³/mol. The number of aromatic nitrogens is 3. The Labute approximate surface area is 217 Å². The summed E-state index contributed by atoms with van der Waals surface area (Å²) in [6.07, 6.45) is 0. The van der Waals surface area contributed by atoms with Crippen molar-refractivity contribution in [2.75, 3.05) is 25.3 Å². The first-order valence-corrected chi connectivity index (χ1v) is 13.1. The molecule has 8 nitrogen and oxygen atoms in total. The molecule has 0 saturated heterocycles. The molecule has 4 aromatic rings. The van der Waals surface area contributed by atoms with E-state index in [1.54, 1.807) is 7.11 Å². The van der Waals surface area contributed by atoms with Gasteiger partial charge in [0.05, 0.1) is 20.0 Å². The van der Waals surface area contributed by atoms with Crippen LogP contribution in [0.2, 0.25) is 0 Å². The van der Waals surface area contributed by atoms with Crippen LogP contribution in [0.4, 0.5) is 5.00 Å². The van der Waals surface area contributed by atoms with E-state index in [0.29, 0.717) is 33.6 Å². The molecular formula is C26H26N4O4S2. The SMILES string of the molecule is CCn1c(SCC(=O)Nc2scc(-c3ccc(OC)cc3)c2C(=O)OC)nnc1-c1cccc(C)c1. The van der Waals surface area contributed by atoms with Gasteiger partial charge in [-0.1, -0.05) is 47.7 Å². The highest BCUT2D eigenvalue weighted by molar-refractivity contribution is 7.99. The molecule has 186 valence electrons. The number of nitrogens with zero attached hydrogens (tertiary/aromatic N) is 3. The minimum atomic E-state index is -0.515. The largest absolute Gasteiger partial charge is 0.497 e. The molecule has 0 aliphatic rings. The first-order chi connectivity index (χ1) is 17.4. The van der Waals surface area contributed by atoms with Crippen LogP contribution < -0.4 is 10.1 Å². The van der Waals surface area contributed by atoms with E-state index in [1.807, 2.05) is 66.3 Å². The standard InChI is InChI=1S/C26H26N4O4S2/c1-5-30-23(18-8-6-7-16(2)13-18)28-29-26(30)36-15-21(31)27-24-22(25(32)34-4)20(14-35-24)17-9-11-19(33-3)12-10-17/h6-14H,5,15H2,1-4H3,(H,27,31). The average Bonchev–Trinajstić information content (AvgIpc) is 3.51. The molecular weight excluding hydrogens is 496 g/mol. The second-order valence-electron chi connectivity index (χ2n) is 7.83. The van der Waals surface area contributed by atoms with Gasteiger partial charge >= 0.3 is 5.97 Å². The molecule has 0 radical (unpaired) electrons. The highest BCUT2D eigenvalue weighted by atomic mass is 32.2. The van der Waals surface area contributed by atoms with Crippen molar-refractivity contribution in [1.82, 2.24) is 14.8 Å². The van der Waals surface area contributed by atoms with Gasteiger partial charge in [0.2, 0.25) is 5.91 Å². The second kappa shape index (κ2) is 11.4. The fourth-order valence-electron chi connectivity index (χ4n) is 3.71. The maximum Gasteiger partial charge on any atom is 0.341 e. The maximum absolute atomic E-state index is 12.8. The predicted octanol–water partition coefficient (Wildman–Crippen LogP) is 5.53. The molecule has 36 heavy (non-hydrogen) atoms. The summed E-state index contributed by atoms with van der Waals surface area (Å²) < 4.78 is 12.2. The lowest BCUT2D eigenvalue weighted by Crippen LogP contribution is -2.16. The third-order valence-electron chi connectivity index (χ3n) is 5.48. The molecule has 1 N–H and O–H groups in total. The molecule has 0 fully saturated rings. The average molecular weight is 523 g/mol.